The van der Waals surface area contributed by atoms with Crippen molar-refractivity contribution in [3.8, 4) is 0 Å². The molecule has 0 atom stereocenters. The number of ether oxygens (including phenoxy) is 1. The third-order valence-corrected chi connectivity index (χ3v) is 4.77. The van der Waals surface area contributed by atoms with Crippen molar-refractivity contribution in [3.63, 3.8) is 0 Å². The standard InChI is InChI=1S/C13H20N2O2S/c1-17-12(16)9-13(3-4-13)10-18-8-2-6-15-7-5-14-11-15/h5,7,11H,2-4,6,8-10H2,1H3. The van der Waals surface area contributed by atoms with E-state index in [0.29, 0.717) is 6.42 Å². The van der Waals surface area contributed by atoms with Gasteiger partial charge in [0.2, 0.25) is 0 Å². The molecular formula is C13H20N2O2S. The number of hydrogen-bond donors (Lipinski definition) is 0. The zero-order valence-electron chi connectivity index (χ0n) is 10.8. The van der Waals surface area contributed by atoms with Crippen LogP contribution in [-0.4, -0.2) is 34.1 Å². The van der Waals surface area contributed by atoms with Gasteiger partial charge in [-0.05, 0) is 36.2 Å². The van der Waals surface area contributed by atoms with Crippen LogP contribution >= 0.6 is 11.8 Å². The van der Waals surface area contributed by atoms with E-state index < -0.39 is 0 Å². The van der Waals surface area contributed by atoms with E-state index in [2.05, 4.69) is 9.55 Å². The molecule has 1 aromatic heterocycles. The number of esters is 1. The van der Waals surface area contributed by atoms with Crippen molar-refractivity contribution < 1.29 is 9.53 Å². The first-order valence-electron chi connectivity index (χ1n) is 6.34. The number of methoxy groups -OCH3 is 1. The van der Waals surface area contributed by atoms with Gasteiger partial charge in [0.1, 0.15) is 0 Å². The largest absolute Gasteiger partial charge is 0.469 e. The number of rotatable bonds is 8. The summed E-state index contributed by atoms with van der Waals surface area (Å²) in [5.74, 6) is 2.17. The Morgan fingerprint density at radius 1 is 1.56 bits per heavy atom. The minimum atomic E-state index is -0.0634. The molecule has 5 heteroatoms. The summed E-state index contributed by atoms with van der Waals surface area (Å²) in [4.78, 5) is 15.3. The number of nitrogens with zero attached hydrogens (tertiary/aromatic N) is 2. The predicted molar refractivity (Wildman–Crippen MR) is 72.5 cm³/mol. The molecule has 1 aliphatic rings. The molecule has 100 valence electrons. The first kappa shape index (κ1) is 13.5. The van der Waals surface area contributed by atoms with Gasteiger partial charge in [0.25, 0.3) is 0 Å². The Labute approximate surface area is 112 Å². The zero-order chi connectivity index (χ0) is 12.8. The molecule has 2 rings (SSSR count). The predicted octanol–water partition coefficient (Wildman–Crippen LogP) is 2.35. The number of aromatic nitrogens is 2. The number of hydrogen-bond acceptors (Lipinski definition) is 4. The first-order chi connectivity index (χ1) is 8.74. The van der Waals surface area contributed by atoms with Crippen molar-refractivity contribution >= 4 is 17.7 Å². The van der Waals surface area contributed by atoms with Crippen molar-refractivity contribution in [2.45, 2.75) is 32.2 Å². The number of carbonyl (C=O) groups excluding carboxylic acids is 1. The van der Waals surface area contributed by atoms with E-state index in [1.807, 2.05) is 30.5 Å². The van der Waals surface area contributed by atoms with Gasteiger partial charge in [0, 0.05) is 18.9 Å². The molecule has 0 N–H and O–H groups in total. The van der Waals surface area contributed by atoms with Gasteiger partial charge in [-0.25, -0.2) is 4.98 Å². The molecule has 1 fully saturated rings. The van der Waals surface area contributed by atoms with Gasteiger partial charge < -0.3 is 9.30 Å². The van der Waals surface area contributed by atoms with Crippen molar-refractivity contribution in [1.29, 1.82) is 0 Å². The van der Waals surface area contributed by atoms with Crippen LogP contribution < -0.4 is 0 Å². The van der Waals surface area contributed by atoms with E-state index in [0.717, 1.165) is 24.5 Å². The number of imidazole rings is 1. The van der Waals surface area contributed by atoms with Crippen LogP contribution in [0.25, 0.3) is 0 Å². The van der Waals surface area contributed by atoms with Crippen molar-refractivity contribution in [1.82, 2.24) is 9.55 Å². The maximum absolute atomic E-state index is 11.3. The average molecular weight is 268 g/mol. The van der Waals surface area contributed by atoms with Gasteiger partial charge in [-0.2, -0.15) is 11.8 Å². The second-order valence-electron chi connectivity index (χ2n) is 4.96. The fourth-order valence-electron chi connectivity index (χ4n) is 1.98. The van der Waals surface area contributed by atoms with Gasteiger partial charge in [0.15, 0.2) is 0 Å². The summed E-state index contributed by atoms with van der Waals surface area (Å²) < 4.78 is 6.84. The molecule has 0 radical (unpaired) electrons. The summed E-state index contributed by atoms with van der Waals surface area (Å²) in [5.41, 5.74) is 0.257. The third kappa shape index (κ3) is 4.05. The SMILES string of the molecule is COC(=O)CC1(CSCCCn2ccnc2)CC1. The Morgan fingerprint density at radius 2 is 2.39 bits per heavy atom. The van der Waals surface area contributed by atoms with Gasteiger partial charge in [0.05, 0.1) is 19.9 Å². The lowest BCUT2D eigenvalue weighted by atomic mass is 10.1. The monoisotopic (exact) mass is 268 g/mol. The lowest BCUT2D eigenvalue weighted by Gasteiger charge is -2.12. The topological polar surface area (TPSA) is 44.1 Å². The summed E-state index contributed by atoms with van der Waals surface area (Å²) in [7, 11) is 1.47. The fraction of sp³-hybridized carbons (Fsp3) is 0.692. The Bertz CT molecular complexity index is 374. The van der Waals surface area contributed by atoms with E-state index in [-0.39, 0.29) is 11.4 Å². The zero-order valence-corrected chi connectivity index (χ0v) is 11.6. The van der Waals surface area contributed by atoms with Crippen molar-refractivity contribution in [2.24, 2.45) is 5.41 Å². The summed E-state index contributed by atoms with van der Waals surface area (Å²) in [6.07, 6.45) is 9.75. The second-order valence-corrected chi connectivity index (χ2v) is 6.06. The molecule has 0 amide bonds. The normalized spacial score (nSPS) is 16.5. The van der Waals surface area contributed by atoms with Crippen LogP contribution in [0, 0.1) is 5.41 Å². The fourth-order valence-corrected chi connectivity index (χ4v) is 3.29. The molecule has 1 aromatic rings. The van der Waals surface area contributed by atoms with Crippen LogP contribution in [0.5, 0.6) is 0 Å². The molecule has 0 spiro atoms. The lowest BCUT2D eigenvalue weighted by Crippen LogP contribution is -2.13. The Kier molecular flexibility index (Phi) is 4.69. The smallest absolute Gasteiger partial charge is 0.306 e. The third-order valence-electron chi connectivity index (χ3n) is 3.38. The van der Waals surface area contributed by atoms with E-state index >= 15 is 0 Å². The molecule has 0 saturated heterocycles. The second kappa shape index (κ2) is 6.27. The highest BCUT2D eigenvalue weighted by Crippen LogP contribution is 2.51. The van der Waals surface area contributed by atoms with Gasteiger partial charge in [-0.15, -0.1) is 0 Å². The molecular weight excluding hydrogens is 248 g/mol. The summed E-state index contributed by atoms with van der Waals surface area (Å²) >= 11 is 1.96. The number of thioether (sulfide) groups is 1. The number of aryl methyl sites for hydroxylation is 1. The van der Waals surface area contributed by atoms with Gasteiger partial charge in [-0.3, -0.25) is 4.79 Å². The van der Waals surface area contributed by atoms with E-state index in [4.69, 9.17) is 4.74 Å². The Morgan fingerprint density at radius 3 is 3.00 bits per heavy atom. The first-order valence-corrected chi connectivity index (χ1v) is 7.50. The van der Waals surface area contributed by atoms with E-state index in [1.165, 1.54) is 20.0 Å². The van der Waals surface area contributed by atoms with E-state index in [1.54, 1.807) is 0 Å². The van der Waals surface area contributed by atoms with Crippen molar-refractivity contribution in [3.05, 3.63) is 18.7 Å². The van der Waals surface area contributed by atoms with E-state index in [9.17, 15) is 4.79 Å². The summed E-state index contributed by atoms with van der Waals surface area (Å²) in [6.45, 7) is 1.02. The molecule has 0 aromatic carbocycles. The minimum Gasteiger partial charge on any atom is -0.469 e. The highest BCUT2D eigenvalue weighted by atomic mass is 32.2. The maximum Gasteiger partial charge on any atom is 0.306 e. The van der Waals surface area contributed by atoms with Crippen LogP contribution in [0.15, 0.2) is 18.7 Å². The van der Waals surface area contributed by atoms with Crippen LogP contribution in [-0.2, 0) is 16.1 Å². The molecule has 1 heterocycles. The highest BCUT2D eigenvalue weighted by Gasteiger charge is 2.44. The molecule has 0 aliphatic heterocycles. The molecule has 0 unspecified atom stereocenters. The highest BCUT2D eigenvalue weighted by molar-refractivity contribution is 7.99. The summed E-state index contributed by atoms with van der Waals surface area (Å²) in [5, 5.41) is 0. The molecule has 18 heavy (non-hydrogen) atoms. The molecule has 1 saturated carbocycles. The molecule has 1 aliphatic carbocycles. The Balaban J connectivity index is 1.56. The summed E-state index contributed by atoms with van der Waals surface area (Å²) in [6, 6.07) is 0. The maximum atomic E-state index is 11.3. The van der Waals surface area contributed by atoms with Gasteiger partial charge in [-0.1, -0.05) is 0 Å². The quantitative estimate of drug-likeness (QED) is 0.536. The lowest BCUT2D eigenvalue weighted by molar-refractivity contribution is -0.141. The van der Waals surface area contributed by atoms with Crippen molar-refractivity contribution in [2.75, 3.05) is 18.6 Å². The van der Waals surface area contributed by atoms with Crippen LogP contribution in [0.2, 0.25) is 0 Å². The molecule has 4 nitrogen and oxygen atoms in total. The average Bonchev–Trinajstić information content (AvgIpc) is 2.91. The van der Waals surface area contributed by atoms with Crippen LogP contribution in [0.1, 0.15) is 25.7 Å². The number of carbonyl (C=O) groups is 1. The van der Waals surface area contributed by atoms with Crippen LogP contribution in [0.3, 0.4) is 0 Å². The minimum absolute atomic E-state index is 0.0634. The van der Waals surface area contributed by atoms with Crippen LogP contribution in [0.4, 0.5) is 0 Å². The Hall–Kier alpha value is -0.970. The van der Waals surface area contributed by atoms with Gasteiger partial charge >= 0.3 is 5.97 Å². The molecule has 0 bridgehead atoms.